The van der Waals surface area contributed by atoms with E-state index in [9.17, 15) is 9.59 Å². The third-order valence-corrected chi connectivity index (χ3v) is 5.48. The third kappa shape index (κ3) is 3.80. The summed E-state index contributed by atoms with van der Waals surface area (Å²) < 4.78 is 0. The third-order valence-electron chi connectivity index (χ3n) is 3.72. The first-order chi connectivity index (χ1) is 11.7. The minimum atomic E-state index is -0.100. The van der Waals surface area contributed by atoms with Crippen LogP contribution in [0.5, 0.6) is 0 Å². The van der Waals surface area contributed by atoms with Crippen molar-refractivity contribution in [1.82, 2.24) is 5.32 Å². The van der Waals surface area contributed by atoms with E-state index in [2.05, 4.69) is 12.2 Å². The first-order valence-electron chi connectivity index (χ1n) is 7.70. The number of nitrogens with one attached hydrogen (secondary N) is 1. The van der Waals surface area contributed by atoms with Crippen LogP contribution in [0, 0.1) is 0 Å². The average Bonchev–Trinajstić information content (AvgIpc) is 3.31. The van der Waals surface area contributed by atoms with Crippen LogP contribution in [-0.4, -0.2) is 11.7 Å². The molecule has 0 saturated carbocycles. The van der Waals surface area contributed by atoms with Gasteiger partial charge in [0.05, 0.1) is 11.4 Å². The molecule has 0 fully saturated rings. The normalized spacial score (nSPS) is 10.5. The molecule has 0 radical (unpaired) electrons. The molecular formula is C19H17NO2S2. The Bertz CT molecular complexity index is 833. The Morgan fingerprint density at radius 3 is 2.46 bits per heavy atom. The molecule has 1 N–H and O–H groups in total. The summed E-state index contributed by atoms with van der Waals surface area (Å²) in [7, 11) is 0. The lowest BCUT2D eigenvalue weighted by atomic mass is 10.1. The summed E-state index contributed by atoms with van der Waals surface area (Å²) in [5.74, 6) is -0.0641. The fraction of sp³-hybridized carbons (Fsp3) is 0.158. The number of carbonyl (C=O) groups is 2. The molecule has 0 aliphatic carbocycles. The van der Waals surface area contributed by atoms with E-state index < -0.39 is 0 Å². The highest BCUT2D eigenvalue weighted by atomic mass is 32.1. The number of hydrogen-bond acceptors (Lipinski definition) is 4. The van der Waals surface area contributed by atoms with Gasteiger partial charge in [0, 0.05) is 21.4 Å². The van der Waals surface area contributed by atoms with Crippen LogP contribution < -0.4 is 5.32 Å². The van der Waals surface area contributed by atoms with Gasteiger partial charge in [0.2, 0.25) is 5.78 Å². The molecule has 5 heteroatoms. The Kier molecular flexibility index (Phi) is 5.23. The minimum absolute atomic E-state index is 0.0361. The second-order valence-corrected chi connectivity index (χ2v) is 7.29. The summed E-state index contributed by atoms with van der Waals surface area (Å²) in [6.07, 6.45) is 0.956. The smallest absolute Gasteiger partial charge is 0.251 e. The molecule has 2 aromatic heterocycles. The molecule has 3 aromatic rings. The van der Waals surface area contributed by atoms with Gasteiger partial charge in [0.25, 0.3) is 5.91 Å². The lowest BCUT2D eigenvalue weighted by Gasteiger charge is -2.04. The molecule has 122 valence electrons. The predicted molar refractivity (Wildman–Crippen MR) is 99.1 cm³/mol. The quantitative estimate of drug-likeness (QED) is 0.660. The Morgan fingerprint density at radius 2 is 1.79 bits per heavy atom. The van der Waals surface area contributed by atoms with Crippen molar-refractivity contribution in [3.8, 4) is 0 Å². The molecule has 1 amide bonds. The Morgan fingerprint density at radius 1 is 1.00 bits per heavy atom. The Balaban J connectivity index is 1.60. The number of ketones is 1. The van der Waals surface area contributed by atoms with E-state index in [-0.39, 0.29) is 11.7 Å². The van der Waals surface area contributed by atoms with Crippen molar-refractivity contribution < 1.29 is 9.59 Å². The monoisotopic (exact) mass is 355 g/mol. The number of thiophene rings is 2. The number of hydrogen-bond donors (Lipinski definition) is 1. The molecule has 0 aliphatic rings. The average molecular weight is 355 g/mol. The molecule has 0 atom stereocenters. The Hall–Kier alpha value is -2.24. The molecule has 3 nitrogen and oxygen atoms in total. The summed E-state index contributed by atoms with van der Waals surface area (Å²) in [6.45, 7) is 2.51. The molecule has 0 bridgehead atoms. The zero-order valence-electron chi connectivity index (χ0n) is 13.2. The summed E-state index contributed by atoms with van der Waals surface area (Å²) in [5, 5.41) is 6.65. The lowest BCUT2D eigenvalue weighted by molar-refractivity contribution is 0.0950. The van der Waals surface area contributed by atoms with Gasteiger partial charge in [0.15, 0.2) is 0 Å². The van der Waals surface area contributed by atoms with Crippen molar-refractivity contribution in [3.05, 3.63) is 79.7 Å². The van der Waals surface area contributed by atoms with Crippen LogP contribution in [0.15, 0.2) is 53.2 Å². The zero-order valence-corrected chi connectivity index (χ0v) is 14.9. The first kappa shape index (κ1) is 16.6. The van der Waals surface area contributed by atoms with Gasteiger partial charge in [-0.15, -0.1) is 11.3 Å². The van der Waals surface area contributed by atoms with Crippen LogP contribution >= 0.6 is 22.7 Å². The number of rotatable bonds is 6. The highest BCUT2D eigenvalue weighted by Crippen LogP contribution is 2.21. The second kappa shape index (κ2) is 7.55. The van der Waals surface area contributed by atoms with Crippen molar-refractivity contribution in [2.45, 2.75) is 19.9 Å². The van der Waals surface area contributed by atoms with Gasteiger partial charge in [0.1, 0.15) is 0 Å². The fourth-order valence-electron chi connectivity index (χ4n) is 2.29. The first-order valence-corrected chi connectivity index (χ1v) is 9.46. The SMILES string of the molecule is CCc1ccc(C(=O)NCc2ccc(C(=O)c3ccsc3)s2)cc1. The molecule has 0 unspecified atom stereocenters. The topological polar surface area (TPSA) is 46.2 Å². The molecule has 24 heavy (non-hydrogen) atoms. The maximum Gasteiger partial charge on any atom is 0.251 e. The highest BCUT2D eigenvalue weighted by Gasteiger charge is 2.13. The molecule has 0 aliphatic heterocycles. The van der Waals surface area contributed by atoms with E-state index in [0.29, 0.717) is 22.5 Å². The minimum Gasteiger partial charge on any atom is -0.347 e. The summed E-state index contributed by atoms with van der Waals surface area (Å²) in [4.78, 5) is 26.1. The molecule has 1 aromatic carbocycles. The molecule has 3 rings (SSSR count). The van der Waals surface area contributed by atoms with Crippen molar-refractivity contribution in [2.24, 2.45) is 0 Å². The Labute approximate surface area is 149 Å². The van der Waals surface area contributed by atoms with Gasteiger partial charge in [-0.3, -0.25) is 9.59 Å². The van der Waals surface area contributed by atoms with E-state index >= 15 is 0 Å². The number of aryl methyl sites for hydroxylation is 1. The van der Waals surface area contributed by atoms with Gasteiger partial charge in [-0.1, -0.05) is 19.1 Å². The standard InChI is InChI=1S/C19H17NO2S2/c1-2-13-3-5-14(6-4-13)19(22)20-11-16-7-8-17(24-16)18(21)15-9-10-23-12-15/h3-10,12H,2,11H2,1H3,(H,20,22). The van der Waals surface area contributed by atoms with E-state index in [4.69, 9.17) is 0 Å². The summed E-state index contributed by atoms with van der Waals surface area (Å²) in [6, 6.07) is 13.2. The zero-order chi connectivity index (χ0) is 16.9. The van der Waals surface area contributed by atoms with Crippen molar-refractivity contribution in [1.29, 1.82) is 0 Å². The highest BCUT2D eigenvalue weighted by molar-refractivity contribution is 7.14. The van der Waals surface area contributed by atoms with Gasteiger partial charge in [-0.2, -0.15) is 11.3 Å². The van der Waals surface area contributed by atoms with Gasteiger partial charge >= 0.3 is 0 Å². The number of benzene rings is 1. The van der Waals surface area contributed by atoms with E-state index in [1.54, 1.807) is 0 Å². The van der Waals surface area contributed by atoms with Gasteiger partial charge in [-0.05, 0) is 47.7 Å². The lowest BCUT2D eigenvalue weighted by Crippen LogP contribution is -2.22. The second-order valence-electron chi connectivity index (χ2n) is 5.34. The van der Waals surface area contributed by atoms with Gasteiger partial charge in [-0.25, -0.2) is 0 Å². The predicted octanol–water partition coefficient (Wildman–Crippen LogP) is 4.53. The van der Waals surface area contributed by atoms with Crippen molar-refractivity contribution in [3.63, 3.8) is 0 Å². The largest absolute Gasteiger partial charge is 0.347 e. The van der Waals surface area contributed by atoms with Crippen LogP contribution in [0.4, 0.5) is 0 Å². The summed E-state index contributed by atoms with van der Waals surface area (Å²) in [5.41, 5.74) is 2.58. The van der Waals surface area contributed by atoms with Gasteiger partial charge < -0.3 is 5.32 Å². The van der Waals surface area contributed by atoms with Crippen LogP contribution in [0.3, 0.4) is 0 Å². The van der Waals surface area contributed by atoms with E-state index in [1.165, 1.54) is 28.2 Å². The number of carbonyl (C=O) groups excluding carboxylic acids is 2. The number of amides is 1. The molecule has 0 saturated heterocycles. The van der Waals surface area contributed by atoms with Crippen LogP contribution in [0.1, 0.15) is 43.0 Å². The maximum absolute atomic E-state index is 12.3. The van der Waals surface area contributed by atoms with E-state index in [0.717, 1.165) is 11.3 Å². The van der Waals surface area contributed by atoms with Crippen molar-refractivity contribution >= 4 is 34.4 Å². The summed E-state index contributed by atoms with van der Waals surface area (Å²) >= 11 is 2.93. The molecule has 2 heterocycles. The molecule has 0 spiro atoms. The fourth-order valence-corrected chi connectivity index (χ4v) is 3.84. The van der Waals surface area contributed by atoms with Crippen LogP contribution in [0.2, 0.25) is 0 Å². The van der Waals surface area contributed by atoms with Crippen LogP contribution in [0.25, 0.3) is 0 Å². The van der Waals surface area contributed by atoms with E-state index in [1.807, 2.05) is 53.2 Å². The maximum atomic E-state index is 12.3. The molecular weight excluding hydrogens is 338 g/mol. The van der Waals surface area contributed by atoms with Crippen LogP contribution in [-0.2, 0) is 13.0 Å². The van der Waals surface area contributed by atoms with Crippen molar-refractivity contribution in [2.75, 3.05) is 0 Å².